The first-order valence-electron chi connectivity index (χ1n) is 5.70. The maximum Gasteiger partial charge on any atom is 0.326 e. The summed E-state index contributed by atoms with van der Waals surface area (Å²) in [4.78, 5) is 20.9. The molecular weight excluding hydrogens is 282 g/mol. The van der Waals surface area contributed by atoms with E-state index in [1.807, 2.05) is 0 Å². The van der Waals surface area contributed by atoms with Gasteiger partial charge in [0.25, 0.3) is 5.69 Å². The Bertz CT molecular complexity index is 637. The van der Waals surface area contributed by atoms with Gasteiger partial charge in [0.1, 0.15) is 0 Å². The number of non-ortho nitro benzene ring substituents is 1. The lowest BCUT2D eigenvalue weighted by molar-refractivity contribution is -0.384. The van der Waals surface area contributed by atoms with Crippen LogP contribution in [0.1, 0.15) is 10.9 Å². The number of aliphatic carboxylic acids is 1. The number of alkyl halides is 1. The Hall–Kier alpha value is -2.40. The van der Waals surface area contributed by atoms with Crippen LogP contribution in [0.3, 0.4) is 0 Å². The molecule has 102 valence electrons. The first-order chi connectivity index (χ1) is 9.49. The summed E-state index contributed by atoms with van der Waals surface area (Å²) in [5.41, 5.74) is 2.16. The Kier molecular flexibility index (Phi) is 4.00. The van der Waals surface area contributed by atoms with Gasteiger partial charge in [0.2, 0.25) is 0 Å². The van der Waals surface area contributed by atoms with Crippen LogP contribution in [0.4, 0.5) is 5.69 Å². The average Bonchev–Trinajstić information content (AvgIpc) is 2.46. The molecule has 1 unspecified atom stereocenters. The molecule has 0 heterocycles. The highest BCUT2D eigenvalue weighted by Crippen LogP contribution is 2.26. The smallest absolute Gasteiger partial charge is 0.326 e. The van der Waals surface area contributed by atoms with Gasteiger partial charge in [-0.25, -0.2) is 0 Å². The third-order valence-electron chi connectivity index (χ3n) is 2.83. The first-order valence-corrected chi connectivity index (χ1v) is 6.14. The predicted octanol–water partition coefficient (Wildman–Crippen LogP) is 3.63. The lowest BCUT2D eigenvalue weighted by Crippen LogP contribution is -2.04. The molecule has 6 heteroatoms. The summed E-state index contributed by atoms with van der Waals surface area (Å²) < 4.78 is 0. The SMILES string of the molecule is O=C(O)C(Cl)c1ccc(-c2ccc([N+](=O)[O-])cc2)cc1. The topological polar surface area (TPSA) is 80.4 Å². The number of nitro benzene ring substituents is 1. The van der Waals surface area contributed by atoms with E-state index in [-0.39, 0.29) is 5.69 Å². The third-order valence-corrected chi connectivity index (χ3v) is 3.27. The highest BCUT2D eigenvalue weighted by molar-refractivity contribution is 6.29. The van der Waals surface area contributed by atoms with Crippen molar-refractivity contribution in [1.29, 1.82) is 0 Å². The number of rotatable bonds is 4. The van der Waals surface area contributed by atoms with E-state index in [2.05, 4.69) is 0 Å². The number of nitro groups is 1. The summed E-state index contributed by atoms with van der Waals surface area (Å²) in [5.74, 6) is -1.10. The van der Waals surface area contributed by atoms with Crippen LogP contribution in [0.25, 0.3) is 11.1 Å². The average molecular weight is 292 g/mol. The molecule has 2 aromatic rings. The molecule has 0 amide bonds. The second kappa shape index (κ2) is 5.71. The van der Waals surface area contributed by atoms with Crippen molar-refractivity contribution in [1.82, 2.24) is 0 Å². The second-order valence-electron chi connectivity index (χ2n) is 4.13. The summed E-state index contributed by atoms with van der Waals surface area (Å²) in [6.07, 6.45) is 0. The molecule has 0 aliphatic heterocycles. The quantitative estimate of drug-likeness (QED) is 0.530. The van der Waals surface area contributed by atoms with Crippen LogP contribution in [0, 0.1) is 10.1 Å². The minimum Gasteiger partial charge on any atom is -0.480 e. The van der Waals surface area contributed by atoms with E-state index in [9.17, 15) is 14.9 Å². The van der Waals surface area contributed by atoms with E-state index in [1.165, 1.54) is 12.1 Å². The Balaban J connectivity index is 2.25. The normalized spacial score (nSPS) is 11.8. The molecule has 0 aliphatic rings. The monoisotopic (exact) mass is 291 g/mol. The number of hydrogen-bond donors (Lipinski definition) is 1. The van der Waals surface area contributed by atoms with Crippen LogP contribution >= 0.6 is 11.6 Å². The van der Waals surface area contributed by atoms with Crippen LogP contribution in [0.2, 0.25) is 0 Å². The van der Waals surface area contributed by atoms with E-state index in [4.69, 9.17) is 16.7 Å². The third kappa shape index (κ3) is 2.95. The number of hydrogen-bond acceptors (Lipinski definition) is 3. The molecule has 5 nitrogen and oxygen atoms in total. The first kappa shape index (κ1) is 14.0. The molecule has 2 aromatic carbocycles. The van der Waals surface area contributed by atoms with Gasteiger partial charge in [0.05, 0.1) is 4.92 Å². The minimum atomic E-state index is -1.10. The Labute approximate surface area is 119 Å². The summed E-state index contributed by atoms with van der Waals surface area (Å²) in [6.45, 7) is 0. The van der Waals surface area contributed by atoms with Gasteiger partial charge in [-0.2, -0.15) is 0 Å². The molecule has 0 aromatic heterocycles. The van der Waals surface area contributed by atoms with Gasteiger partial charge in [-0.3, -0.25) is 14.9 Å². The van der Waals surface area contributed by atoms with Gasteiger partial charge < -0.3 is 5.11 Å². The standard InChI is InChI=1S/C14H10ClNO4/c15-13(14(17)18)11-3-1-9(2-4-11)10-5-7-12(8-6-10)16(19)20/h1-8,13H,(H,17,18). The van der Waals surface area contributed by atoms with E-state index in [0.717, 1.165) is 11.1 Å². The van der Waals surface area contributed by atoms with Crippen molar-refractivity contribution >= 4 is 23.3 Å². The Morgan fingerprint density at radius 3 is 1.90 bits per heavy atom. The van der Waals surface area contributed by atoms with Crippen molar-refractivity contribution in [3.8, 4) is 11.1 Å². The Morgan fingerprint density at radius 2 is 1.50 bits per heavy atom. The second-order valence-corrected chi connectivity index (χ2v) is 4.56. The van der Waals surface area contributed by atoms with E-state index >= 15 is 0 Å². The van der Waals surface area contributed by atoms with E-state index < -0.39 is 16.3 Å². The van der Waals surface area contributed by atoms with Crippen LogP contribution in [-0.4, -0.2) is 16.0 Å². The minimum absolute atomic E-state index is 0.0251. The number of benzene rings is 2. The van der Waals surface area contributed by atoms with Crippen LogP contribution in [-0.2, 0) is 4.79 Å². The van der Waals surface area contributed by atoms with Crippen LogP contribution in [0.5, 0.6) is 0 Å². The number of carbonyl (C=O) groups is 1. The largest absolute Gasteiger partial charge is 0.480 e. The summed E-state index contributed by atoms with van der Waals surface area (Å²) in [5, 5.41) is 18.3. The van der Waals surface area contributed by atoms with Gasteiger partial charge >= 0.3 is 5.97 Å². The summed E-state index contributed by atoms with van der Waals surface area (Å²) in [7, 11) is 0. The molecule has 0 radical (unpaired) electrons. The molecule has 0 saturated carbocycles. The molecule has 0 spiro atoms. The highest BCUT2D eigenvalue weighted by Gasteiger charge is 2.15. The van der Waals surface area contributed by atoms with Crippen molar-refractivity contribution < 1.29 is 14.8 Å². The van der Waals surface area contributed by atoms with Crippen molar-refractivity contribution in [2.45, 2.75) is 5.38 Å². The number of carboxylic acids is 1. The Morgan fingerprint density at radius 1 is 1.05 bits per heavy atom. The fourth-order valence-corrected chi connectivity index (χ4v) is 1.91. The maximum atomic E-state index is 10.8. The fourth-order valence-electron chi connectivity index (χ4n) is 1.76. The van der Waals surface area contributed by atoms with Gasteiger partial charge in [0.15, 0.2) is 5.38 Å². The zero-order chi connectivity index (χ0) is 14.7. The maximum absolute atomic E-state index is 10.8. The van der Waals surface area contributed by atoms with Crippen molar-refractivity contribution in [3.63, 3.8) is 0 Å². The molecular formula is C14H10ClNO4. The zero-order valence-electron chi connectivity index (χ0n) is 10.2. The highest BCUT2D eigenvalue weighted by atomic mass is 35.5. The van der Waals surface area contributed by atoms with Crippen molar-refractivity contribution in [3.05, 3.63) is 64.2 Å². The molecule has 20 heavy (non-hydrogen) atoms. The summed E-state index contributed by atoms with van der Waals surface area (Å²) >= 11 is 5.72. The van der Waals surface area contributed by atoms with E-state index in [0.29, 0.717) is 5.56 Å². The summed E-state index contributed by atoms with van der Waals surface area (Å²) in [6, 6.07) is 12.8. The zero-order valence-corrected chi connectivity index (χ0v) is 10.9. The van der Waals surface area contributed by atoms with Crippen LogP contribution < -0.4 is 0 Å². The van der Waals surface area contributed by atoms with Crippen molar-refractivity contribution in [2.24, 2.45) is 0 Å². The van der Waals surface area contributed by atoms with Gasteiger partial charge in [0, 0.05) is 12.1 Å². The predicted molar refractivity (Wildman–Crippen MR) is 74.8 cm³/mol. The molecule has 0 aliphatic carbocycles. The lowest BCUT2D eigenvalue weighted by atomic mass is 10.0. The lowest BCUT2D eigenvalue weighted by Gasteiger charge is -2.06. The number of halogens is 1. The fraction of sp³-hybridized carbons (Fsp3) is 0.0714. The number of nitrogens with zero attached hydrogens (tertiary/aromatic N) is 1. The molecule has 0 saturated heterocycles. The molecule has 2 rings (SSSR count). The molecule has 0 fully saturated rings. The molecule has 0 bridgehead atoms. The number of carboxylic acid groups (broad SMARTS) is 1. The van der Waals surface area contributed by atoms with Gasteiger partial charge in [-0.1, -0.05) is 24.3 Å². The van der Waals surface area contributed by atoms with Gasteiger partial charge in [-0.15, -0.1) is 11.6 Å². The van der Waals surface area contributed by atoms with Gasteiger partial charge in [-0.05, 0) is 28.8 Å². The van der Waals surface area contributed by atoms with Crippen molar-refractivity contribution in [2.75, 3.05) is 0 Å². The molecule has 1 atom stereocenters. The van der Waals surface area contributed by atoms with Crippen LogP contribution in [0.15, 0.2) is 48.5 Å². The van der Waals surface area contributed by atoms with E-state index in [1.54, 1.807) is 36.4 Å². The molecule has 1 N–H and O–H groups in total.